The van der Waals surface area contributed by atoms with Gasteiger partial charge in [-0.15, -0.1) is 0 Å². The van der Waals surface area contributed by atoms with Gasteiger partial charge in [0.15, 0.2) is 11.6 Å². The largest absolute Gasteiger partial charge is 0.505 e. The quantitative estimate of drug-likeness (QED) is 0.551. The predicted molar refractivity (Wildman–Crippen MR) is 53.5 cm³/mol. The molecule has 1 aromatic rings. The molecule has 0 fully saturated rings. The Morgan fingerprint density at radius 3 is 2.93 bits per heavy atom. The highest BCUT2D eigenvalue weighted by atomic mass is 19.1. The molecule has 1 rings (SSSR count). The summed E-state index contributed by atoms with van der Waals surface area (Å²) in [4.78, 5) is 0. The van der Waals surface area contributed by atoms with Crippen LogP contribution >= 0.6 is 0 Å². The lowest BCUT2D eigenvalue weighted by Gasteiger charge is -1.94. The average Bonchev–Trinajstić information content (AvgIpc) is 2.18. The Morgan fingerprint density at radius 1 is 1.50 bits per heavy atom. The summed E-state index contributed by atoms with van der Waals surface area (Å²) in [6, 6.07) is 4.11. The van der Waals surface area contributed by atoms with Crippen LogP contribution < -0.4 is 5.32 Å². The predicted octanol–water partition coefficient (Wildman–Crippen LogP) is 1.49. The average molecular weight is 193 g/mol. The highest BCUT2D eigenvalue weighted by Crippen LogP contribution is 2.15. The van der Waals surface area contributed by atoms with Crippen molar-refractivity contribution in [1.82, 2.24) is 5.32 Å². The van der Waals surface area contributed by atoms with Gasteiger partial charge in [-0.2, -0.15) is 0 Å². The van der Waals surface area contributed by atoms with Crippen molar-refractivity contribution in [3.8, 4) is 17.6 Å². The second-order valence-corrected chi connectivity index (χ2v) is 2.82. The molecule has 0 radical (unpaired) electrons. The van der Waals surface area contributed by atoms with Gasteiger partial charge in [-0.1, -0.05) is 11.8 Å². The van der Waals surface area contributed by atoms with E-state index in [1.807, 2.05) is 7.05 Å². The van der Waals surface area contributed by atoms with E-state index in [0.717, 1.165) is 13.0 Å². The first kappa shape index (κ1) is 10.6. The molecule has 1 aromatic carbocycles. The van der Waals surface area contributed by atoms with E-state index in [-0.39, 0.29) is 5.75 Å². The molecule has 0 unspecified atom stereocenters. The summed E-state index contributed by atoms with van der Waals surface area (Å²) in [6.45, 7) is 0.813. The highest BCUT2D eigenvalue weighted by molar-refractivity contribution is 5.38. The standard InChI is InChI=1S/C11H12FNO/c1-13-7-3-2-4-9-5-6-11(14)10(12)8-9/h5-6,8,13-14H,3,7H2,1H3. The number of aromatic hydroxyl groups is 1. The summed E-state index contributed by atoms with van der Waals surface area (Å²) in [5, 5.41) is 11.9. The molecule has 0 saturated heterocycles. The van der Waals surface area contributed by atoms with Crippen molar-refractivity contribution in [2.24, 2.45) is 0 Å². The number of phenolic OH excluding ortho intramolecular Hbond substituents is 1. The van der Waals surface area contributed by atoms with Gasteiger partial charge in [0.05, 0.1) is 0 Å². The zero-order valence-corrected chi connectivity index (χ0v) is 7.97. The zero-order valence-electron chi connectivity index (χ0n) is 7.97. The van der Waals surface area contributed by atoms with E-state index in [2.05, 4.69) is 17.2 Å². The Balaban J connectivity index is 2.66. The lowest BCUT2D eigenvalue weighted by atomic mass is 10.2. The van der Waals surface area contributed by atoms with E-state index >= 15 is 0 Å². The maximum Gasteiger partial charge on any atom is 0.166 e. The van der Waals surface area contributed by atoms with Crippen LogP contribution in [0.2, 0.25) is 0 Å². The first-order valence-electron chi connectivity index (χ1n) is 4.36. The van der Waals surface area contributed by atoms with Crippen LogP contribution in [0.4, 0.5) is 4.39 Å². The van der Waals surface area contributed by atoms with Gasteiger partial charge < -0.3 is 10.4 Å². The number of nitrogens with one attached hydrogen (secondary N) is 1. The van der Waals surface area contributed by atoms with E-state index in [4.69, 9.17) is 5.11 Å². The van der Waals surface area contributed by atoms with Gasteiger partial charge in [-0.25, -0.2) is 4.39 Å². The number of rotatable bonds is 2. The number of hydrogen-bond acceptors (Lipinski definition) is 2. The minimum atomic E-state index is -0.634. The number of benzene rings is 1. The molecule has 0 aromatic heterocycles. The van der Waals surface area contributed by atoms with Crippen LogP contribution in [0, 0.1) is 17.7 Å². The van der Waals surface area contributed by atoms with Crippen LogP contribution in [0.15, 0.2) is 18.2 Å². The van der Waals surface area contributed by atoms with Gasteiger partial charge in [0.1, 0.15) is 0 Å². The summed E-state index contributed by atoms with van der Waals surface area (Å²) >= 11 is 0. The normalized spacial score (nSPS) is 9.29. The molecule has 0 atom stereocenters. The minimum Gasteiger partial charge on any atom is -0.505 e. The van der Waals surface area contributed by atoms with Gasteiger partial charge in [-0.3, -0.25) is 0 Å². The lowest BCUT2D eigenvalue weighted by molar-refractivity contribution is 0.432. The zero-order chi connectivity index (χ0) is 10.4. The maximum absolute atomic E-state index is 12.8. The monoisotopic (exact) mass is 193 g/mol. The third-order valence-corrected chi connectivity index (χ3v) is 1.68. The molecular formula is C11H12FNO. The molecule has 0 aliphatic carbocycles. The molecule has 0 aliphatic rings. The second-order valence-electron chi connectivity index (χ2n) is 2.82. The summed E-state index contributed by atoms with van der Waals surface area (Å²) in [7, 11) is 1.85. The fourth-order valence-corrected chi connectivity index (χ4v) is 0.937. The summed E-state index contributed by atoms with van der Waals surface area (Å²) < 4.78 is 12.8. The van der Waals surface area contributed by atoms with E-state index < -0.39 is 5.82 Å². The third kappa shape index (κ3) is 3.08. The van der Waals surface area contributed by atoms with Crippen LogP contribution in [-0.4, -0.2) is 18.7 Å². The molecule has 74 valence electrons. The highest BCUT2D eigenvalue weighted by Gasteiger charge is 1.98. The van der Waals surface area contributed by atoms with E-state index in [9.17, 15) is 4.39 Å². The molecule has 0 heterocycles. The fourth-order valence-electron chi connectivity index (χ4n) is 0.937. The molecule has 0 bridgehead atoms. The van der Waals surface area contributed by atoms with Crippen LogP contribution in [0.3, 0.4) is 0 Å². The molecular weight excluding hydrogens is 181 g/mol. The number of phenols is 1. The van der Waals surface area contributed by atoms with Crippen molar-refractivity contribution in [1.29, 1.82) is 0 Å². The van der Waals surface area contributed by atoms with Crippen molar-refractivity contribution in [2.75, 3.05) is 13.6 Å². The minimum absolute atomic E-state index is 0.342. The Labute approximate surface area is 82.8 Å². The van der Waals surface area contributed by atoms with Crippen LogP contribution in [0.5, 0.6) is 5.75 Å². The van der Waals surface area contributed by atoms with Crippen LogP contribution in [0.25, 0.3) is 0 Å². The van der Waals surface area contributed by atoms with Gasteiger partial charge in [0, 0.05) is 18.5 Å². The van der Waals surface area contributed by atoms with Crippen molar-refractivity contribution >= 4 is 0 Å². The topological polar surface area (TPSA) is 32.3 Å². The van der Waals surface area contributed by atoms with Crippen molar-refractivity contribution < 1.29 is 9.50 Å². The molecule has 2 nitrogen and oxygen atoms in total. The smallest absolute Gasteiger partial charge is 0.166 e. The Kier molecular flexibility index (Phi) is 3.96. The molecule has 2 N–H and O–H groups in total. The van der Waals surface area contributed by atoms with Crippen molar-refractivity contribution in [2.45, 2.75) is 6.42 Å². The number of halogens is 1. The van der Waals surface area contributed by atoms with E-state index in [1.165, 1.54) is 12.1 Å². The third-order valence-electron chi connectivity index (χ3n) is 1.68. The van der Waals surface area contributed by atoms with Crippen LogP contribution in [0.1, 0.15) is 12.0 Å². The molecule has 0 spiro atoms. The number of hydrogen-bond donors (Lipinski definition) is 2. The van der Waals surface area contributed by atoms with Gasteiger partial charge in [0.2, 0.25) is 0 Å². The Morgan fingerprint density at radius 2 is 2.29 bits per heavy atom. The molecule has 3 heteroatoms. The summed E-state index contributed by atoms with van der Waals surface area (Å²) in [5.41, 5.74) is 0.580. The van der Waals surface area contributed by atoms with Gasteiger partial charge >= 0.3 is 0 Å². The van der Waals surface area contributed by atoms with E-state index in [1.54, 1.807) is 6.07 Å². The van der Waals surface area contributed by atoms with E-state index in [0.29, 0.717) is 5.56 Å². The summed E-state index contributed by atoms with van der Waals surface area (Å²) in [5.74, 6) is 4.72. The maximum atomic E-state index is 12.8. The molecule has 0 saturated carbocycles. The summed E-state index contributed by atoms with van der Waals surface area (Å²) in [6.07, 6.45) is 0.721. The second kappa shape index (κ2) is 5.25. The Bertz CT molecular complexity index is 365. The van der Waals surface area contributed by atoms with Gasteiger partial charge in [0.25, 0.3) is 0 Å². The SMILES string of the molecule is CNCCC#Cc1ccc(O)c(F)c1. The van der Waals surface area contributed by atoms with Crippen LogP contribution in [-0.2, 0) is 0 Å². The lowest BCUT2D eigenvalue weighted by Crippen LogP contribution is -2.05. The first-order valence-corrected chi connectivity index (χ1v) is 4.36. The molecule has 14 heavy (non-hydrogen) atoms. The molecule has 0 amide bonds. The first-order chi connectivity index (χ1) is 6.74. The van der Waals surface area contributed by atoms with Crippen molar-refractivity contribution in [3.63, 3.8) is 0 Å². The Hall–Kier alpha value is -1.53. The van der Waals surface area contributed by atoms with Crippen molar-refractivity contribution in [3.05, 3.63) is 29.6 Å². The van der Waals surface area contributed by atoms with Gasteiger partial charge in [-0.05, 0) is 25.2 Å². The fraction of sp³-hybridized carbons (Fsp3) is 0.273. The molecule has 0 aliphatic heterocycles.